The summed E-state index contributed by atoms with van der Waals surface area (Å²) >= 11 is 0. The quantitative estimate of drug-likeness (QED) is 0.555. The van der Waals surface area contributed by atoms with Crippen LogP contribution >= 0.6 is 0 Å². The van der Waals surface area contributed by atoms with E-state index < -0.39 is 25.1 Å². The predicted octanol–water partition coefficient (Wildman–Crippen LogP) is 3.08. The summed E-state index contributed by atoms with van der Waals surface area (Å²) in [6.07, 6.45) is 0. The lowest BCUT2D eigenvalue weighted by molar-refractivity contribution is -0.149. The molecule has 1 N–H and O–H groups in total. The van der Waals surface area contributed by atoms with E-state index in [1.54, 1.807) is 6.07 Å². The maximum Gasteiger partial charge on any atom is 0.344 e. The smallest absolute Gasteiger partial charge is 0.344 e. The monoisotopic (exact) mass is 385 g/mol. The minimum Gasteiger partial charge on any atom is -0.493 e. The number of esters is 1. The van der Waals surface area contributed by atoms with Crippen molar-refractivity contribution < 1.29 is 28.6 Å². The Morgan fingerprint density at radius 1 is 0.964 bits per heavy atom. The lowest BCUT2D eigenvalue weighted by Crippen LogP contribution is -2.24. The molecule has 0 aliphatic carbocycles. The van der Waals surface area contributed by atoms with E-state index in [1.807, 2.05) is 32.0 Å². The first-order chi connectivity index (χ1) is 13.3. The van der Waals surface area contributed by atoms with Crippen LogP contribution in [0.5, 0.6) is 11.5 Å². The van der Waals surface area contributed by atoms with Gasteiger partial charge in [0.05, 0.1) is 7.11 Å². The van der Waals surface area contributed by atoms with Crippen molar-refractivity contribution in [2.45, 2.75) is 20.8 Å². The van der Waals surface area contributed by atoms with Gasteiger partial charge in [0, 0.05) is 11.3 Å². The number of methoxy groups -OCH3 is 1. The largest absolute Gasteiger partial charge is 0.493 e. The average molecular weight is 385 g/mol. The molecule has 2 aromatic rings. The van der Waals surface area contributed by atoms with Gasteiger partial charge in [0.1, 0.15) is 0 Å². The predicted molar refractivity (Wildman–Crippen MR) is 104 cm³/mol. The number of carbonyl (C=O) groups excluding carboxylic acids is 3. The summed E-state index contributed by atoms with van der Waals surface area (Å²) in [6.45, 7) is 4.39. The molecule has 0 unspecified atom stereocenters. The molecule has 0 atom stereocenters. The Morgan fingerprint density at radius 3 is 2.25 bits per heavy atom. The van der Waals surface area contributed by atoms with E-state index in [-0.39, 0.29) is 5.78 Å². The van der Waals surface area contributed by atoms with Crippen LogP contribution < -0.4 is 14.8 Å². The van der Waals surface area contributed by atoms with E-state index in [0.717, 1.165) is 11.1 Å². The number of carbonyl (C=O) groups is 3. The van der Waals surface area contributed by atoms with Crippen LogP contribution in [0.4, 0.5) is 5.69 Å². The highest BCUT2D eigenvalue weighted by Gasteiger charge is 2.13. The van der Waals surface area contributed by atoms with Crippen molar-refractivity contribution in [3.8, 4) is 11.5 Å². The number of ether oxygens (including phenoxy) is 3. The second-order valence-corrected chi connectivity index (χ2v) is 6.19. The van der Waals surface area contributed by atoms with E-state index in [1.165, 1.54) is 26.2 Å². The van der Waals surface area contributed by atoms with Crippen LogP contribution in [0.15, 0.2) is 36.4 Å². The number of para-hydroxylation sites is 1. The van der Waals surface area contributed by atoms with Crippen molar-refractivity contribution in [2.75, 3.05) is 25.6 Å². The Labute approximate surface area is 163 Å². The summed E-state index contributed by atoms with van der Waals surface area (Å²) in [6, 6.07) is 10.3. The Hall–Kier alpha value is -3.35. The standard InChI is InChI=1S/C21H23NO6/c1-13-6-5-7-14(2)21(13)22-19(24)11-28-20(25)12-27-17-9-8-16(15(3)23)10-18(17)26-4/h5-10H,11-12H2,1-4H3,(H,22,24). The van der Waals surface area contributed by atoms with E-state index >= 15 is 0 Å². The van der Waals surface area contributed by atoms with E-state index in [9.17, 15) is 14.4 Å². The van der Waals surface area contributed by atoms with E-state index in [2.05, 4.69) is 5.32 Å². The molecule has 1 amide bonds. The maximum atomic E-state index is 12.0. The van der Waals surface area contributed by atoms with Gasteiger partial charge in [0.2, 0.25) is 0 Å². The number of benzene rings is 2. The molecule has 148 valence electrons. The van der Waals surface area contributed by atoms with E-state index in [0.29, 0.717) is 22.7 Å². The normalized spacial score (nSPS) is 10.1. The molecule has 7 heteroatoms. The molecule has 7 nitrogen and oxygen atoms in total. The van der Waals surface area contributed by atoms with Gasteiger partial charge in [0.15, 0.2) is 30.5 Å². The van der Waals surface area contributed by atoms with Crippen LogP contribution in [-0.2, 0) is 14.3 Å². The Kier molecular flexibility index (Phi) is 7.14. The third-order valence-electron chi connectivity index (χ3n) is 4.03. The first kappa shape index (κ1) is 21.0. The molecular formula is C21H23NO6. The molecule has 0 fully saturated rings. The molecule has 0 bridgehead atoms. The summed E-state index contributed by atoms with van der Waals surface area (Å²) in [7, 11) is 1.43. The SMILES string of the molecule is COc1cc(C(C)=O)ccc1OCC(=O)OCC(=O)Nc1c(C)cccc1C. The number of Topliss-reactive ketones (excluding diaryl/α,β-unsaturated/α-hetero) is 1. The van der Waals surface area contributed by atoms with Crippen LogP contribution in [0.3, 0.4) is 0 Å². The Balaban J connectivity index is 1.86. The number of anilines is 1. The van der Waals surface area contributed by atoms with Crippen molar-refractivity contribution in [3.05, 3.63) is 53.1 Å². The molecule has 2 aromatic carbocycles. The fourth-order valence-electron chi connectivity index (χ4n) is 2.52. The van der Waals surface area contributed by atoms with Crippen LogP contribution in [0.25, 0.3) is 0 Å². The molecule has 2 rings (SSSR count). The minimum absolute atomic E-state index is 0.112. The molecular weight excluding hydrogens is 362 g/mol. The number of nitrogens with one attached hydrogen (secondary N) is 1. The number of aryl methyl sites for hydroxylation is 2. The molecule has 0 saturated heterocycles. The highest BCUT2D eigenvalue weighted by molar-refractivity contribution is 5.95. The van der Waals surface area contributed by atoms with Gasteiger partial charge in [-0.2, -0.15) is 0 Å². The molecule has 0 spiro atoms. The van der Waals surface area contributed by atoms with Gasteiger partial charge in [0.25, 0.3) is 5.91 Å². The summed E-state index contributed by atoms with van der Waals surface area (Å²) in [5.41, 5.74) is 3.01. The topological polar surface area (TPSA) is 90.9 Å². The van der Waals surface area contributed by atoms with Crippen molar-refractivity contribution in [3.63, 3.8) is 0 Å². The third-order valence-corrected chi connectivity index (χ3v) is 4.03. The van der Waals surface area contributed by atoms with Crippen molar-refractivity contribution >= 4 is 23.3 Å². The van der Waals surface area contributed by atoms with Crippen LogP contribution in [0.2, 0.25) is 0 Å². The van der Waals surface area contributed by atoms with Crippen LogP contribution in [-0.4, -0.2) is 38.0 Å². The highest BCUT2D eigenvalue weighted by Crippen LogP contribution is 2.28. The zero-order valence-corrected chi connectivity index (χ0v) is 16.3. The van der Waals surface area contributed by atoms with Gasteiger partial charge in [-0.3, -0.25) is 9.59 Å². The Bertz CT molecular complexity index is 870. The minimum atomic E-state index is -0.700. The lowest BCUT2D eigenvalue weighted by Gasteiger charge is -2.13. The number of hydrogen-bond acceptors (Lipinski definition) is 6. The molecule has 0 saturated carbocycles. The van der Waals surface area contributed by atoms with Gasteiger partial charge in [-0.05, 0) is 50.1 Å². The van der Waals surface area contributed by atoms with Gasteiger partial charge in [-0.1, -0.05) is 18.2 Å². The number of hydrogen-bond donors (Lipinski definition) is 1. The Morgan fingerprint density at radius 2 is 1.64 bits per heavy atom. The van der Waals surface area contributed by atoms with Gasteiger partial charge in [-0.25, -0.2) is 4.79 Å². The van der Waals surface area contributed by atoms with Gasteiger partial charge >= 0.3 is 5.97 Å². The van der Waals surface area contributed by atoms with E-state index in [4.69, 9.17) is 14.2 Å². The van der Waals surface area contributed by atoms with Gasteiger partial charge in [-0.15, -0.1) is 0 Å². The number of ketones is 1. The van der Waals surface area contributed by atoms with Gasteiger partial charge < -0.3 is 19.5 Å². The average Bonchev–Trinajstić information content (AvgIpc) is 2.67. The first-order valence-corrected chi connectivity index (χ1v) is 8.65. The highest BCUT2D eigenvalue weighted by atomic mass is 16.6. The molecule has 28 heavy (non-hydrogen) atoms. The second-order valence-electron chi connectivity index (χ2n) is 6.19. The first-order valence-electron chi connectivity index (χ1n) is 8.65. The summed E-state index contributed by atoms with van der Waals surface area (Å²) in [5.74, 6) is -0.625. The zero-order chi connectivity index (χ0) is 20.7. The number of amides is 1. The fraction of sp³-hybridized carbons (Fsp3) is 0.286. The zero-order valence-electron chi connectivity index (χ0n) is 16.3. The molecule has 0 aliphatic heterocycles. The van der Waals surface area contributed by atoms with Crippen molar-refractivity contribution in [1.82, 2.24) is 0 Å². The van der Waals surface area contributed by atoms with Crippen LogP contribution in [0.1, 0.15) is 28.4 Å². The summed E-state index contributed by atoms with van der Waals surface area (Å²) < 4.78 is 15.5. The van der Waals surface area contributed by atoms with Crippen LogP contribution in [0, 0.1) is 13.8 Å². The molecule has 0 aromatic heterocycles. The summed E-state index contributed by atoms with van der Waals surface area (Å²) in [5, 5.41) is 2.73. The lowest BCUT2D eigenvalue weighted by atomic mass is 10.1. The second kappa shape index (κ2) is 9.55. The molecule has 0 radical (unpaired) electrons. The van der Waals surface area contributed by atoms with Crippen molar-refractivity contribution in [2.24, 2.45) is 0 Å². The molecule has 0 aliphatic rings. The third kappa shape index (κ3) is 5.57. The van der Waals surface area contributed by atoms with Crippen molar-refractivity contribution in [1.29, 1.82) is 0 Å². The molecule has 0 heterocycles. The fourth-order valence-corrected chi connectivity index (χ4v) is 2.52. The maximum absolute atomic E-state index is 12.0. The summed E-state index contributed by atoms with van der Waals surface area (Å²) in [4.78, 5) is 35.3. The number of rotatable bonds is 8.